The van der Waals surface area contributed by atoms with E-state index in [0.29, 0.717) is 17.5 Å². The van der Waals surface area contributed by atoms with Crippen LogP contribution >= 0.6 is 12.4 Å². The highest BCUT2D eigenvalue weighted by Gasteiger charge is 2.49. The summed E-state index contributed by atoms with van der Waals surface area (Å²) in [6, 6.07) is 1.53. The molecule has 3 N–H and O–H groups in total. The number of fused-ring (bicyclic) bond motifs is 2. The van der Waals surface area contributed by atoms with Gasteiger partial charge in [0.05, 0.1) is 11.6 Å². The summed E-state index contributed by atoms with van der Waals surface area (Å²) in [5.74, 6) is 0.872. The van der Waals surface area contributed by atoms with Gasteiger partial charge in [-0.25, -0.2) is 0 Å². The van der Waals surface area contributed by atoms with Gasteiger partial charge in [0.1, 0.15) is 0 Å². The normalized spacial score (nSPS) is 30.0. The fourth-order valence-corrected chi connectivity index (χ4v) is 3.80. The first-order valence-electron chi connectivity index (χ1n) is 7.21. The van der Waals surface area contributed by atoms with Crippen LogP contribution < -0.4 is 16.6 Å². The van der Waals surface area contributed by atoms with Gasteiger partial charge in [-0.05, 0) is 43.6 Å². The summed E-state index contributed by atoms with van der Waals surface area (Å²) >= 11 is 0. The van der Waals surface area contributed by atoms with Crippen LogP contribution in [-0.4, -0.2) is 16.5 Å². The Morgan fingerprint density at radius 2 is 2.05 bits per heavy atom. The molecule has 0 saturated heterocycles. The van der Waals surface area contributed by atoms with Gasteiger partial charge in [-0.1, -0.05) is 0 Å². The van der Waals surface area contributed by atoms with Crippen molar-refractivity contribution in [1.82, 2.24) is 4.57 Å². The number of anilines is 1. The molecule has 2 aliphatic carbocycles. The maximum atomic E-state index is 12.5. The number of aromatic nitrogens is 1. The van der Waals surface area contributed by atoms with E-state index in [9.17, 15) is 9.59 Å². The summed E-state index contributed by atoms with van der Waals surface area (Å²) in [7, 11) is 1.68. The number of nitrogens with two attached hydrogens (primary N) is 1. The summed E-state index contributed by atoms with van der Waals surface area (Å²) in [4.78, 5) is 24.0. The highest BCUT2D eigenvalue weighted by molar-refractivity contribution is 5.94. The van der Waals surface area contributed by atoms with Crippen LogP contribution in [0.15, 0.2) is 17.1 Å². The molecule has 2 fully saturated rings. The van der Waals surface area contributed by atoms with E-state index in [1.807, 2.05) is 6.92 Å². The lowest BCUT2D eigenvalue weighted by atomic mass is 9.84. The summed E-state index contributed by atoms with van der Waals surface area (Å²) in [5, 5.41) is 2.96. The molecule has 1 aromatic rings. The van der Waals surface area contributed by atoms with Crippen molar-refractivity contribution in [2.75, 3.05) is 5.32 Å². The van der Waals surface area contributed by atoms with Gasteiger partial charge in [0.15, 0.2) is 0 Å². The SMILES string of the molecule is Cc1cc(=O)n(C)cc1NC(=O)C1C2CCC(C2)C1N.Cl. The topological polar surface area (TPSA) is 77.1 Å². The second-order valence-corrected chi connectivity index (χ2v) is 6.24. The van der Waals surface area contributed by atoms with Gasteiger partial charge in [-0.3, -0.25) is 9.59 Å². The average molecular weight is 312 g/mol. The first-order chi connectivity index (χ1) is 9.47. The molecule has 1 amide bonds. The molecular weight excluding hydrogens is 290 g/mol. The molecule has 4 unspecified atom stereocenters. The maximum Gasteiger partial charge on any atom is 0.250 e. The minimum atomic E-state index is -0.0783. The number of amides is 1. The van der Waals surface area contributed by atoms with Crippen molar-refractivity contribution in [3.63, 3.8) is 0 Å². The fraction of sp³-hybridized carbons (Fsp3) is 0.600. The quantitative estimate of drug-likeness (QED) is 0.867. The Balaban J connectivity index is 0.00000161. The number of carbonyl (C=O) groups excluding carboxylic acids is 1. The second-order valence-electron chi connectivity index (χ2n) is 6.24. The van der Waals surface area contributed by atoms with Crippen LogP contribution in [0, 0.1) is 24.7 Å². The summed E-state index contributed by atoms with van der Waals surface area (Å²) in [6.45, 7) is 1.83. The van der Waals surface area contributed by atoms with E-state index >= 15 is 0 Å². The Morgan fingerprint density at radius 1 is 1.38 bits per heavy atom. The highest BCUT2D eigenvalue weighted by Crippen LogP contribution is 2.47. The van der Waals surface area contributed by atoms with E-state index in [-0.39, 0.29) is 35.8 Å². The van der Waals surface area contributed by atoms with E-state index in [0.717, 1.165) is 24.8 Å². The van der Waals surface area contributed by atoms with Crippen LogP contribution in [0.2, 0.25) is 0 Å². The lowest BCUT2D eigenvalue weighted by molar-refractivity contribution is -0.121. The van der Waals surface area contributed by atoms with Gasteiger partial charge >= 0.3 is 0 Å². The smallest absolute Gasteiger partial charge is 0.250 e. The number of rotatable bonds is 2. The molecule has 3 rings (SSSR count). The Morgan fingerprint density at radius 3 is 2.67 bits per heavy atom. The zero-order valence-electron chi connectivity index (χ0n) is 12.3. The number of halogens is 1. The second kappa shape index (κ2) is 5.81. The van der Waals surface area contributed by atoms with Crippen molar-refractivity contribution in [1.29, 1.82) is 0 Å². The third-order valence-electron chi connectivity index (χ3n) is 4.98. The first-order valence-corrected chi connectivity index (χ1v) is 7.21. The maximum absolute atomic E-state index is 12.5. The zero-order valence-corrected chi connectivity index (χ0v) is 13.2. The molecule has 0 aliphatic heterocycles. The van der Waals surface area contributed by atoms with Crippen LogP contribution in [0.4, 0.5) is 5.69 Å². The van der Waals surface area contributed by atoms with E-state index in [1.54, 1.807) is 13.2 Å². The van der Waals surface area contributed by atoms with Crippen molar-refractivity contribution in [2.24, 2.45) is 30.5 Å². The molecule has 4 atom stereocenters. The Labute approximate surface area is 130 Å². The molecule has 0 spiro atoms. The van der Waals surface area contributed by atoms with Crippen molar-refractivity contribution in [3.8, 4) is 0 Å². The van der Waals surface area contributed by atoms with Gasteiger partial charge in [0.2, 0.25) is 5.91 Å². The van der Waals surface area contributed by atoms with Crippen molar-refractivity contribution >= 4 is 24.0 Å². The predicted octanol–water partition coefficient (Wildman–Crippen LogP) is 1.43. The molecule has 0 aromatic carbocycles. The van der Waals surface area contributed by atoms with E-state index in [1.165, 1.54) is 10.6 Å². The minimum absolute atomic E-state index is 0. The van der Waals surface area contributed by atoms with Crippen molar-refractivity contribution in [2.45, 2.75) is 32.2 Å². The summed E-state index contributed by atoms with van der Waals surface area (Å²) in [5.41, 5.74) is 7.61. The molecule has 116 valence electrons. The largest absolute Gasteiger partial charge is 0.327 e. The molecular formula is C15H22ClN3O2. The van der Waals surface area contributed by atoms with Crippen LogP contribution in [-0.2, 0) is 11.8 Å². The van der Waals surface area contributed by atoms with Gasteiger partial charge < -0.3 is 15.6 Å². The summed E-state index contributed by atoms with van der Waals surface area (Å²) < 4.78 is 1.48. The average Bonchev–Trinajstić information content (AvgIpc) is 2.96. The number of aryl methyl sites for hydroxylation is 2. The third kappa shape index (κ3) is 2.72. The van der Waals surface area contributed by atoms with Gasteiger partial charge in [-0.2, -0.15) is 0 Å². The number of hydrogen-bond donors (Lipinski definition) is 2. The lowest BCUT2D eigenvalue weighted by Crippen LogP contribution is -2.42. The first kappa shape index (κ1) is 16.0. The molecule has 2 aliphatic rings. The number of carbonyl (C=O) groups is 1. The Kier molecular flexibility index (Phi) is 4.44. The van der Waals surface area contributed by atoms with Crippen molar-refractivity contribution < 1.29 is 4.79 Å². The van der Waals surface area contributed by atoms with Gasteiger partial charge in [0, 0.05) is 25.4 Å². The van der Waals surface area contributed by atoms with Gasteiger partial charge in [-0.15, -0.1) is 12.4 Å². The Hall–Kier alpha value is -1.33. The highest BCUT2D eigenvalue weighted by atomic mass is 35.5. The number of nitrogens with one attached hydrogen (secondary N) is 1. The van der Waals surface area contributed by atoms with E-state index < -0.39 is 0 Å². The molecule has 1 aromatic heterocycles. The predicted molar refractivity (Wildman–Crippen MR) is 84.6 cm³/mol. The zero-order chi connectivity index (χ0) is 14.4. The number of nitrogens with zero attached hydrogens (tertiary/aromatic N) is 1. The molecule has 21 heavy (non-hydrogen) atoms. The Bertz CT molecular complexity index is 611. The minimum Gasteiger partial charge on any atom is -0.327 e. The number of pyridine rings is 1. The molecule has 2 saturated carbocycles. The van der Waals surface area contributed by atoms with Crippen LogP contribution in [0.5, 0.6) is 0 Å². The third-order valence-corrected chi connectivity index (χ3v) is 4.98. The fourth-order valence-electron chi connectivity index (χ4n) is 3.80. The standard InChI is InChI=1S/C15H21N3O2.ClH/c1-8-5-12(19)18(2)7-11(8)17-15(20)13-9-3-4-10(6-9)14(13)16;/h5,7,9-10,13-14H,3-4,6,16H2,1-2H3,(H,17,20);1H. The number of hydrogen-bond acceptors (Lipinski definition) is 3. The molecule has 0 radical (unpaired) electrons. The molecule has 6 heteroatoms. The van der Waals surface area contributed by atoms with E-state index in [4.69, 9.17) is 5.73 Å². The molecule has 2 bridgehead atoms. The lowest BCUT2D eigenvalue weighted by Gasteiger charge is -2.27. The van der Waals surface area contributed by atoms with E-state index in [2.05, 4.69) is 5.32 Å². The van der Waals surface area contributed by atoms with Gasteiger partial charge in [0.25, 0.3) is 5.56 Å². The van der Waals surface area contributed by atoms with Crippen LogP contribution in [0.1, 0.15) is 24.8 Å². The van der Waals surface area contributed by atoms with Crippen molar-refractivity contribution in [3.05, 3.63) is 28.2 Å². The summed E-state index contributed by atoms with van der Waals surface area (Å²) in [6.07, 6.45) is 5.04. The monoisotopic (exact) mass is 311 g/mol. The van der Waals surface area contributed by atoms with Crippen LogP contribution in [0.25, 0.3) is 0 Å². The molecule has 1 heterocycles. The molecule has 5 nitrogen and oxygen atoms in total. The van der Waals surface area contributed by atoms with Crippen LogP contribution in [0.3, 0.4) is 0 Å².